The second kappa shape index (κ2) is 12.0. The molecule has 9 nitrogen and oxygen atoms in total. The Kier molecular flexibility index (Phi) is 8.92. The van der Waals surface area contributed by atoms with Crippen LogP contribution in [-0.4, -0.2) is 61.5 Å². The maximum absolute atomic E-state index is 12.9. The lowest BCUT2D eigenvalue weighted by Gasteiger charge is -2.27. The molecular weight excluding hydrogens is 575 g/mol. The molecule has 0 atom stereocenters. The van der Waals surface area contributed by atoms with Crippen LogP contribution in [0.1, 0.15) is 31.7 Å². The zero-order valence-electron chi connectivity index (χ0n) is 20.3. The monoisotopic (exact) mass is 598 g/mol. The van der Waals surface area contributed by atoms with Crippen LogP contribution in [-0.2, 0) is 19.7 Å². The number of carbonyl (C=O) groups excluding carboxylic acids is 3. The number of halogens is 2. The number of hydrogen-bond acceptors (Lipinski definition) is 8. The van der Waals surface area contributed by atoms with Crippen LogP contribution in [0.15, 0.2) is 46.2 Å². The van der Waals surface area contributed by atoms with E-state index >= 15 is 0 Å². The first-order valence-electron chi connectivity index (χ1n) is 11.8. The Bertz CT molecular complexity index is 1390. The fraction of sp³-hybridized carbons (Fsp3) is 0.320. The summed E-state index contributed by atoms with van der Waals surface area (Å²) < 4.78 is 36.4. The standard InChI is InChI=1S/C25H24Cl2N2O7S2/c1-2-35-20-13-16(12-19(27)23(20)36-38(33,34)18-8-6-17(26)7-9-18)14-21-24(31)29(25(32)37-21)15-22(30)28-10-4-3-5-11-28/h6-9,12-14H,2-5,10-11,15H2,1H3/b21-14-. The molecule has 0 bridgehead atoms. The molecule has 2 aliphatic heterocycles. The van der Waals surface area contributed by atoms with Crippen molar-refractivity contribution in [3.63, 3.8) is 0 Å². The molecule has 2 fully saturated rings. The van der Waals surface area contributed by atoms with E-state index in [4.69, 9.17) is 32.1 Å². The number of nitrogens with zero attached hydrogens (tertiary/aromatic N) is 2. The molecule has 2 aromatic rings. The number of likely N-dealkylation sites (tertiary alicyclic amines) is 1. The molecule has 2 heterocycles. The van der Waals surface area contributed by atoms with Crippen LogP contribution >= 0.6 is 35.0 Å². The number of piperidine rings is 1. The van der Waals surface area contributed by atoms with Crippen molar-refractivity contribution in [2.75, 3.05) is 26.2 Å². The van der Waals surface area contributed by atoms with Gasteiger partial charge in [-0.3, -0.25) is 19.3 Å². The Balaban J connectivity index is 1.56. The van der Waals surface area contributed by atoms with E-state index < -0.39 is 21.3 Å². The van der Waals surface area contributed by atoms with Gasteiger partial charge in [0.1, 0.15) is 11.4 Å². The van der Waals surface area contributed by atoms with E-state index in [1.54, 1.807) is 11.8 Å². The first kappa shape index (κ1) is 28.3. The third kappa shape index (κ3) is 6.45. The van der Waals surface area contributed by atoms with Crippen molar-refractivity contribution in [2.24, 2.45) is 0 Å². The van der Waals surface area contributed by atoms with Crippen molar-refractivity contribution in [2.45, 2.75) is 31.1 Å². The fourth-order valence-electron chi connectivity index (χ4n) is 3.94. The van der Waals surface area contributed by atoms with Gasteiger partial charge < -0.3 is 13.8 Å². The average molecular weight is 600 g/mol. The second-order valence-electron chi connectivity index (χ2n) is 8.46. The number of carbonyl (C=O) groups is 3. The Labute approximate surface area is 234 Å². The number of hydrogen-bond donors (Lipinski definition) is 0. The van der Waals surface area contributed by atoms with E-state index in [-0.39, 0.29) is 45.4 Å². The Morgan fingerprint density at radius 2 is 1.76 bits per heavy atom. The summed E-state index contributed by atoms with van der Waals surface area (Å²) in [6.45, 7) is 2.79. The average Bonchev–Trinajstić information content (AvgIpc) is 3.14. The smallest absolute Gasteiger partial charge is 0.339 e. The van der Waals surface area contributed by atoms with Crippen LogP contribution in [0.4, 0.5) is 4.79 Å². The second-order valence-corrected chi connectivity index (χ2v) is 11.8. The fourth-order valence-corrected chi connectivity index (χ4v) is 6.17. The number of rotatable bonds is 8. The van der Waals surface area contributed by atoms with Gasteiger partial charge in [0.05, 0.1) is 16.5 Å². The van der Waals surface area contributed by atoms with Crippen LogP contribution < -0.4 is 8.92 Å². The van der Waals surface area contributed by atoms with E-state index in [1.165, 1.54) is 42.5 Å². The molecule has 202 valence electrons. The van der Waals surface area contributed by atoms with E-state index in [1.807, 2.05) is 0 Å². The lowest BCUT2D eigenvalue weighted by atomic mass is 10.1. The summed E-state index contributed by atoms with van der Waals surface area (Å²) in [5.74, 6) is -1.05. The Morgan fingerprint density at radius 1 is 1.08 bits per heavy atom. The molecular formula is C25H24Cl2N2O7S2. The molecule has 0 unspecified atom stereocenters. The van der Waals surface area contributed by atoms with Crippen LogP contribution in [0.2, 0.25) is 10.0 Å². The van der Waals surface area contributed by atoms with E-state index in [2.05, 4.69) is 0 Å². The summed E-state index contributed by atoms with van der Waals surface area (Å²) in [5.41, 5.74) is 0.377. The molecule has 0 spiro atoms. The molecule has 2 aromatic carbocycles. The SMILES string of the molecule is CCOc1cc(/C=C2\SC(=O)N(CC(=O)N3CCCCC3)C2=O)cc(Cl)c1OS(=O)(=O)c1ccc(Cl)cc1. The number of ether oxygens (including phenoxy) is 1. The number of amides is 3. The predicted octanol–water partition coefficient (Wildman–Crippen LogP) is 5.21. The van der Waals surface area contributed by atoms with Gasteiger partial charge in [-0.1, -0.05) is 23.2 Å². The molecule has 4 rings (SSSR count). The molecule has 0 aliphatic carbocycles. The van der Waals surface area contributed by atoms with Crippen molar-refractivity contribution < 1.29 is 31.7 Å². The largest absolute Gasteiger partial charge is 0.490 e. The molecule has 0 aromatic heterocycles. The molecule has 13 heteroatoms. The Hall–Kier alpha value is -2.73. The van der Waals surface area contributed by atoms with Crippen LogP contribution in [0.25, 0.3) is 6.08 Å². The van der Waals surface area contributed by atoms with Gasteiger partial charge in [0.15, 0.2) is 5.75 Å². The normalized spacial score (nSPS) is 17.3. The van der Waals surface area contributed by atoms with Gasteiger partial charge in [-0.25, -0.2) is 0 Å². The minimum absolute atomic E-state index is 0.0308. The lowest BCUT2D eigenvalue weighted by Crippen LogP contribution is -2.44. The van der Waals surface area contributed by atoms with Gasteiger partial charge in [-0.15, -0.1) is 0 Å². The minimum Gasteiger partial charge on any atom is -0.490 e. The quantitative estimate of drug-likeness (QED) is 0.301. The first-order chi connectivity index (χ1) is 18.1. The topological polar surface area (TPSA) is 110 Å². The zero-order valence-corrected chi connectivity index (χ0v) is 23.5. The maximum Gasteiger partial charge on any atom is 0.339 e. The van der Waals surface area contributed by atoms with Crippen LogP contribution in [0.5, 0.6) is 11.5 Å². The minimum atomic E-state index is -4.26. The summed E-state index contributed by atoms with van der Waals surface area (Å²) >= 11 is 12.9. The molecule has 0 N–H and O–H groups in total. The van der Waals surface area contributed by atoms with E-state index in [0.717, 1.165) is 24.2 Å². The number of imide groups is 1. The molecule has 2 aliphatic rings. The third-order valence-electron chi connectivity index (χ3n) is 5.80. The van der Waals surface area contributed by atoms with Gasteiger partial charge in [0.25, 0.3) is 11.1 Å². The molecule has 0 radical (unpaired) electrons. The highest BCUT2D eigenvalue weighted by molar-refractivity contribution is 8.18. The first-order valence-corrected chi connectivity index (χ1v) is 14.8. The van der Waals surface area contributed by atoms with Gasteiger partial charge in [0.2, 0.25) is 11.7 Å². The van der Waals surface area contributed by atoms with Crippen molar-refractivity contribution in [1.82, 2.24) is 9.80 Å². The maximum atomic E-state index is 12.9. The molecule has 3 amide bonds. The van der Waals surface area contributed by atoms with Crippen molar-refractivity contribution in [1.29, 1.82) is 0 Å². The van der Waals surface area contributed by atoms with Crippen LogP contribution in [0.3, 0.4) is 0 Å². The highest BCUT2D eigenvalue weighted by Crippen LogP contribution is 2.40. The number of benzene rings is 2. The van der Waals surface area contributed by atoms with E-state index in [0.29, 0.717) is 35.4 Å². The Morgan fingerprint density at radius 3 is 2.42 bits per heavy atom. The van der Waals surface area contributed by atoms with Crippen molar-refractivity contribution in [3.05, 3.63) is 56.9 Å². The van der Waals surface area contributed by atoms with Gasteiger partial charge in [-0.2, -0.15) is 8.42 Å². The summed E-state index contributed by atoms with van der Waals surface area (Å²) in [7, 11) is -4.26. The third-order valence-corrected chi connectivity index (χ3v) is 8.48. The van der Waals surface area contributed by atoms with Crippen molar-refractivity contribution >= 4 is 68.2 Å². The predicted molar refractivity (Wildman–Crippen MR) is 145 cm³/mol. The van der Waals surface area contributed by atoms with Crippen molar-refractivity contribution in [3.8, 4) is 11.5 Å². The highest BCUT2D eigenvalue weighted by Gasteiger charge is 2.37. The summed E-state index contributed by atoms with van der Waals surface area (Å²) in [6.07, 6.45) is 4.29. The summed E-state index contributed by atoms with van der Waals surface area (Å²) in [6, 6.07) is 8.27. The van der Waals surface area contributed by atoms with Gasteiger partial charge in [-0.05, 0) is 86.0 Å². The molecule has 0 saturated carbocycles. The van der Waals surface area contributed by atoms with Gasteiger partial charge in [0, 0.05) is 18.1 Å². The zero-order chi connectivity index (χ0) is 27.4. The number of thioether (sulfide) groups is 1. The van der Waals surface area contributed by atoms with Crippen LogP contribution in [0, 0.1) is 0 Å². The van der Waals surface area contributed by atoms with E-state index in [9.17, 15) is 22.8 Å². The highest BCUT2D eigenvalue weighted by atomic mass is 35.5. The molecule has 2 saturated heterocycles. The summed E-state index contributed by atoms with van der Waals surface area (Å²) in [5, 5.41) is -0.266. The summed E-state index contributed by atoms with van der Waals surface area (Å²) in [4.78, 5) is 40.6. The molecule has 38 heavy (non-hydrogen) atoms. The lowest BCUT2D eigenvalue weighted by molar-refractivity contribution is -0.136. The van der Waals surface area contributed by atoms with Gasteiger partial charge >= 0.3 is 10.1 Å².